The molecule has 1 heterocycles. The van der Waals surface area contributed by atoms with Crippen molar-refractivity contribution < 1.29 is 4.74 Å². The second-order valence-corrected chi connectivity index (χ2v) is 5.04. The summed E-state index contributed by atoms with van der Waals surface area (Å²) in [7, 11) is 1.62. The van der Waals surface area contributed by atoms with Crippen molar-refractivity contribution in [2.45, 2.75) is 32.7 Å². The van der Waals surface area contributed by atoms with Crippen molar-refractivity contribution in [2.24, 2.45) is 0 Å². The largest absolute Gasteiger partial charge is 0.496 e. The van der Waals surface area contributed by atoms with Gasteiger partial charge in [-0.25, -0.2) is 4.68 Å². The number of nitrogens with two attached hydrogens (primary N) is 1. The first-order valence-electron chi connectivity index (χ1n) is 6.22. The molecule has 0 saturated carbocycles. The molecule has 0 radical (unpaired) electrons. The fourth-order valence-electron chi connectivity index (χ4n) is 1.81. The lowest BCUT2D eigenvalue weighted by Gasteiger charge is -2.24. The minimum absolute atomic E-state index is 0.172. The molecule has 1 aromatic carbocycles. The maximum atomic E-state index is 5.85. The Bertz CT molecular complexity index is 576. The number of rotatable bonds is 4. The molecule has 0 fully saturated rings. The molecule has 2 aromatic rings. The van der Waals surface area contributed by atoms with Gasteiger partial charge in [0.1, 0.15) is 5.75 Å². The van der Waals surface area contributed by atoms with Crippen molar-refractivity contribution in [3.05, 3.63) is 18.2 Å². The maximum Gasteiger partial charge on any atom is 0.186 e. The molecule has 0 amide bonds. The van der Waals surface area contributed by atoms with Crippen LogP contribution in [0.5, 0.6) is 5.75 Å². The molecule has 2 N–H and O–H groups in total. The monoisotopic (exact) mass is 261 g/mol. The first-order valence-corrected chi connectivity index (χ1v) is 6.22. The van der Waals surface area contributed by atoms with Gasteiger partial charge in [-0.3, -0.25) is 0 Å². The van der Waals surface area contributed by atoms with Crippen LogP contribution in [0.4, 0.5) is 5.69 Å². The highest BCUT2D eigenvalue weighted by atomic mass is 16.5. The minimum atomic E-state index is -0.172. The molecule has 19 heavy (non-hydrogen) atoms. The fourth-order valence-corrected chi connectivity index (χ4v) is 1.81. The van der Waals surface area contributed by atoms with E-state index in [0.717, 1.165) is 12.0 Å². The van der Waals surface area contributed by atoms with Crippen LogP contribution in [0.3, 0.4) is 0 Å². The average Bonchev–Trinajstić information content (AvgIpc) is 2.88. The van der Waals surface area contributed by atoms with E-state index in [1.165, 1.54) is 0 Å². The van der Waals surface area contributed by atoms with E-state index < -0.39 is 0 Å². The maximum absolute atomic E-state index is 5.85. The quantitative estimate of drug-likeness (QED) is 0.852. The Kier molecular flexibility index (Phi) is 3.42. The zero-order chi connectivity index (χ0) is 14.0. The fraction of sp³-hybridized carbons (Fsp3) is 0.462. The lowest BCUT2D eigenvalue weighted by Crippen LogP contribution is -2.27. The van der Waals surface area contributed by atoms with Crippen LogP contribution in [0, 0.1) is 0 Å². The number of hydrogen-bond acceptors (Lipinski definition) is 5. The van der Waals surface area contributed by atoms with E-state index >= 15 is 0 Å². The SMILES string of the molecule is CCC(C)(C)n1nnnc1-c1cc(N)ccc1OC. The van der Waals surface area contributed by atoms with Gasteiger partial charge in [0, 0.05) is 5.69 Å². The third-order valence-electron chi connectivity index (χ3n) is 3.37. The van der Waals surface area contributed by atoms with Crippen molar-refractivity contribution >= 4 is 5.69 Å². The van der Waals surface area contributed by atoms with Gasteiger partial charge in [-0.15, -0.1) is 5.10 Å². The molecular formula is C13H19N5O. The number of hydrogen-bond donors (Lipinski definition) is 1. The normalized spacial score (nSPS) is 11.6. The van der Waals surface area contributed by atoms with Crippen molar-refractivity contribution in [3.63, 3.8) is 0 Å². The van der Waals surface area contributed by atoms with Gasteiger partial charge in [-0.2, -0.15) is 0 Å². The summed E-state index contributed by atoms with van der Waals surface area (Å²) in [6.45, 7) is 6.28. The van der Waals surface area contributed by atoms with Crippen molar-refractivity contribution in [2.75, 3.05) is 12.8 Å². The van der Waals surface area contributed by atoms with Gasteiger partial charge in [-0.1, -0.05) is 6.92 Å². The Hall–Kier alpha value is -2.11. The number of ether oxygens (including phenoxy) is 1. The van der Waals surface area contributed by atoms with Crippen LogP contribution in [-0.2, 0) is 5.54 Å². The summed E-state index contributed by atoms with van der Waals surface area (Å²) in [4.78, 5) is 0. The summed E-state index contributed by atoms with van der Waals surface area (Å²) in [5.41, 5.74) is 7.13. The Morgan fingerprint density at radius 2 is 2.11 bits per heavy atom. The number of benzene rings is 1. The van der Waals surface area contributed by atoms with Gasteiger partial charge in [0.25, 0.3) is 0 Å². The number of methoxy groups -OCH3 is 1. The van der Waals surface area contributed by atoms with E-state index in [-0.39, 0.29) is 5.54 Å². The summed E-state index contributed by atoms with van der Waals surface area (Å²) in [5, 5.41) is 12.0. The standard InChI is InChI=1S/C13H19N5O/c1-5-13(2,3)18-12(15-16-17-18)10-8-9(14)6-7-11(10)19-4/h6-8H,5,14H2,1-4H3. The smallest absolute Gasteiger partial charge is 0.186 e. The Morgan fingerprint density at radius 1 is 1.37 bits per heavy atom. The van der Waals surface area contributed by atoms with Crippen LogP contribution in [0.1, 0.15) is 27.2 Å². The zero-order valence-corrected chi connectivity index (χ0v) is 11.7. The lowest BCUT2D eigenvalue weighted by molar-refractivity contribution is 0.304. The summed E-state index contributed by atoms with van der Waals surface area (Å²) in [6.07, 6.45) is 0.912. The summed E-state index contributed by atoms with van der Waals surface area (Å²) in [5.74, 6) is 1.37. The van der Waals surface area contributed by atoms with E-state index in [1.54, 1.807) is 13.2 Å². The molecule has 0 atom stereocenters. The number of nitrogens with zero attached hydrogens (tertiary/aromatic N) is 4. The molecule has 0 aliphatic rings. The second-order valence-electron chi connectivity index (χ2n) is 5.04. The van der Waals surface area contributed by atoms with Crippen molar-refractivity contribution in [3.8, 4) is 17.1 Å². The van der Waals surface area contributed by atoms with Crippen LogP contribution >= 0.6 is 0 Å². The highest BCUT2D eigenvalue weighted by molar-refractivity contribution is 5.68. The number of tetrazole rings is 1. The number of aromatic nitrogens is 4. The number of nitrogen functional groups attached to an aromatic ring is 1. The zero-order valence-electron chi connectivity index (χ0n) is 11.7. The van der Waals surface area contributed by atoms with Crippen molar-refractivity contribution in [1.29, 1.82) is 0 Å². The molecule has 6 heteroatoms. The Labute approximate surface area is 112 Å². The van der Waals surface area contributed by atoms with Gasteiger partial charge in [0.2, 0.25) is 0 Å². The van der Waals surface area contributed by atoms with E-state index in [1.807, 2.05) is 16.8 Å². The molecule has 1 aromatic heterocycles. The second kappa shape index (κ2) is 4.87. The van der Waals surface area contributed by atoms with Crippen LogP contribution in [-0.4, -0.2) is 27.3 Å². The van der Waals surface area contributed by atoms with Gasteiger partial charge < -0.3 is 10.5 Å². The molecule has 0 aliphatic carbocycles. The molecule has 2 rings (SSSR count). The Balaban J connectivity index is 2.60. The van der Waals surface area contributed by atoms with Crippen molar-refractivity contribution in [1.82, 2.24) is 20.2 Å². The first-order chi connectivity index (χ1) is 8.99. The molecular weight excluding hydrogens is 242 g/mol. The Morgan fingerprint density at radius 3 is 2.74 bits per heavy atom. The van der Waals surface area contributed by atoms with Gasteiger partial charge in [0.05, 0.1) is 18.2 Å². The third kappa shape index (κ3) is 2.38. The molecule has 0 saturated heterocycles. The number of anilines is 1. The van der Waals surface area contributed by atoms with Crippen LogP contribution < -0.4 is 10.5 Å². The summed E-state index contributed by atoms with van der Waals surface area (Å²) < 4.78 is 7.17. The van der Waals surface area contributed by atoms with Gasteiger partial charge in [-0.05, 0) is 48.9 Å². The summed E-state index contributed by atoms with van der Waals surface area (Å²) in [6, 6.07) is 5.44. The van der Waals surface area contributed by atoms with Crippen LogP contribution in [0.2, 0.25) is 0 Å². The lowest BCUT2D eigenvalue weighted by atomic mass is 10.0. The highest BCUT2D eigenvalue weighted by Gasteiger charge is 2.25. The topological polar surface area (TPSA) is 78.9 Å². The first kappa shape index (κ1) is 13.3. The van der Waals surface area contributed by atoms with E-state index in [4.69, 9.17) is 10.5 Å². The van der Waals surface area contributed by atoms with Gasteiger partial charge >= 0.3 is 0 Å². The third-order valence-corrected chi connectivity index (χ3v) is 3.37. The molecule has 0 bridgehead atoms. The van der Waals surface area contributed by atoms with Crippen LogP contribution in [0.25, 0.3) is 11.4 Å². The molecule has 6 nitrogen and oxygen atoms in total. The van der Waals surface area contributed by atoms with E-state index in [2.05, 4.69) is 36.3 Å². The van der Waals surface area contributed by atoms with E-state index in [0.29, 0.717) is 17.3 Å². The molecule has 0 spiro atoms. The predicted octanol–water partition coefficient (Wildman–Crippen LogP) is 2.08. The van der Waals surface area contributed by atoms with E-state index in [9.17, 15) is 0 Å². The minimum Gasteiger partial charge on any atom is -0.496 e. The molecule has 102 valence electrons. The summed E-state index contributed by atoms with van der Waals surface area (Å²) >= 11 is 0. The van der Waals surface area contributed by atoms with Gasteiger partial charge in [0.15, 0.2) is 5.82 Å². The molecule has 0 aliphatic heterocycles. The highest BCUT2D eigenvalue weighted by Crippen LogP contribution is 2.32. The average molecular weight is 261 g/mol. The molecule has 0 unspecified atom stereocenters. The predicted molar refractivity (Wildman–Crippen MR) is 73.8 cm³/mol. The van der Waals surface area contributed by atoms with Crippen LogP contribution in [0.15, 0.2) is 18.2 Å².